The molecule has 0 aliphatic rings. The van der Waals surface area contributed by atoms with Crippen LogP contribution < -0.4 is 9.47 Å². The molecule has 0 saturated heterocycles. The summed E-state index contributed by atoms with van der Waals surface area (Å²) >= 11 is 0. The van der Waals surface area contributed by atoms with E-state index >= 15 is 0 Å². The maximum Gasteiger partial charge on any atom is 0.162 e. The van der Waals surface area contributed by atoms with Crippen LogP contribution in [0.1, 0.15) is 48.5 Å². The Morgan fingerprint density at radius 1 is 1.04 bits per heavy atom. The van der Waals surface area contributed by atoms with Gasteiger partial charge >= 0.3 is 0 Å². The summed E-state index contributed by atoms with van der Waals surface area (Å²) in [5, 5.41) is 10.4. The van der Waals surface area contributed by atoms with Crippen molar-refractivity contribution in [2.75, 3.05) is 13.2 Å². The van der Waals surface area contributed by atoms with E-state index in [1.807, 2.05) is 72.7 Å². The number of hydrogen-bond acceptors (Lipinski definition) is 5. The van der Waals surface area contributed by atoms with Crippen molar-refractivity contribution in [2.45, 2.75) is 72.1 Å². The average Bonchev–Trinajstić information content (AvgIpc) is 2.43. The fraction of sp³-hybridized carbons (Fsp3) is 0.684. The lowest BCUT2D eigenvalue weighted by Gasteiger charge is -2.34. The molecule has 0 heterocycles. The SMILES string of the molecule is CCOC(C)(C)OCC(O)C(C)(C)Oc1cccc(OC(C)C)c1. The van der Waals surface area contributed by atoms with Crippen LogP contribution in [0.5, 0.6) is 11.5 Å². The molecule has 0 fully saturated rings. The first kappa shape index (κ1) is 20.7. The standard InChI is InChI=1S/C19H32O5/c1-8-21-19(6,7)22-13-17(20)18(4,5)24-16-11-9-10-15(12-16)23-14(2)3/h9-12,14,17,20H,8,13H2,1-7H3. The Balaban J connectivity index is 2.67. The van der Waals surface area contributed by atoms with Crippen LogP contribution in [-0.2, 0) is 9.47 Å². The van der Waals surface area contributed by atoms with E-state index in [4.69, 9.17) is 18.9 Å². The van der Waals surface area contributed by atoms with Crippen molar-refractivity contribution in [1.82, 2.24) is 0 Å². The zero-order valence-corrected chi connectivity index (χ0v) is 16.0. The van der Waals surface area contributed by atoms with Crippen LogP contribution in [0, 0.1) is 0 Å². The molecule has 0 aromatic heterocycles. The molecule has 0 bridgehead atoms. The maximum absolute atomic E-state index is 10.4. The van der Waals surface area contributed by atoms with Crippen molar-refractivity contribution in [3.8, 4) is 11.5 Å². The minimum Gasteiger partial charge on any atom is -0.491 e. The number of aliphatic hydroxyl groups excluding tert-OH is 1. The Kier molecular flexibility index (Phi) is 7.52. The van der Waals surface area contributed by atoms with Gasteiger partial charge in [0.05, 0.1) is 12.7 Å². The van der Waals surface area contributed by atoms with E-state index < -0.39 is 17.5 Å². The van der Waals surface area contributed by atoms with Gasteiger partial charge in [-0.15, -0.1) is 0 Å². The average molecular weight is 340 g/mol. The second-order valence-electron chi connectivity index (χ2n) is 7.01. The third-order valence-corrected chi connectivity index (χ3v) is 3.44. The van der Waals surface area contributed by atoms with Crippen molar-refractivity contribution in [1.29, 1.82) is 0 Å². The summed E-state index contributed by atoms with van der Waals surface area (Å²) in [6.07, 6.45) is -0.722. The summed E-state index contributed by atoms with van der Waals surface area (Å²) < 4.78 is 22.8. The number of aliphatic hydroxyl groups is 1. The Morgan fingerprint density at radius 3 is 2.25 bits per heavy atom. The number of benzene rings is 1. The predicted molar refractivity (Wildman–Crippen MR) is 94.6 cm³/mol. The Morgan fingerprint density at radius 2 is 1.67 bits per heavy atom. The van der Waals surface area contributed by atoms with Gasteiger partial charge in [-0.25, -0.2) is 0 Å². The van der Waals surface area contributed by atoms with E-state index in [1.165, 1.54) is 0 Å². The first-order valence-corrected chi connectivity index (χ1v) is 8.47. The van der Waals surface area contributed by atoms with E-state index in [-0.39, 0.29) is 12.7 Å². The van der Waals surface area contributed by atoms with E-state index in [0.717, 1.165) is 5.75 Å². The summed E-state index contributed by atoms with van der Waals surface area (Å²) in [4.78, 5) is 0. The first-order valence-electron chi connectivity index (χ1n) is 8.47. The van der Waals surface area contributed by atoms with Crippen LogP contribution in [0.2, 0.25) is 0 Å². The van der Waals surface area contributed by atoms with Crippen LogP contribution in [0.25, 0.3) is 0 Å². The van der Waals surface area contributed by atoms with Crippen molar-refractivity contribution >= 4 is 0 Å². The fourth-order valence-electron chi connectivity index (χ4n) is 2.12. The second-order valence-corrected chi connectivity index (χ2v) is 7.01. The van der Waals surface area contributed by atoms with Gasteiger partial charge in [0.2, 0.25) is 0 Å². The summed E-state index contributed by atoms with van der Waals surface area (Å²) in [5.74, 6) is 0.638. The molecule has 1 unspecified atom stereocenters. The van der Waals surface area contributed by atoms with Gasteiger partial charge < -0.3 is 24.1 Å². The highest BCUT2D eigenvalue weighted by Gasteiger charge is 2.32. The molecule has 0 spiro atoms. The molecule has 138 valence electrons. The molecule has 1 atom stereocenters. The van der Waals surface area contributed by atoms with E-state index in [2.05, 4.69) is 0 Å². The largest absolute Gasteiger partial charge is 0.491 e. The van der Waals surface area contributed by atoms with Gasteiger partial charge in [-0.3, -0.25) is 0 Å². The molecule has 1 aromatic carbocycles. The molecular weight excluding hydrogens is 308 g/mol. The van der Waals surface area contributed by atoms with Crippen LogP contribution >= 0.6 is 0 Å². The monoisotopic (exact) mass is 340 g/mol. The van der Waals surface area contributed by atoms with Gasteiger partial charge in [-0.2, -0.15) is 0 Å². The zero-order chi connectivity index (χ0) is 18.4. The smallest absolute Gasteiger partial charge is 0.162 e. The topological polar surface area (TPSA) is 57.2 Å². The highest BCUT2D eigenvalue weighted by molar-refractivity contribution is 5.33. The van der Waals surface area contributed by atoms with Crippen molar-refractivity contribution < 1.29 is 24.1 Å². The molecule has 5 nitrogen and oxygen atoms in total. The molecule has 0 aliphatic carbocycles. The summed E-state index contributed by atoms with van der Waals surface area (Å²) in [7, 11) is 0. The molecule has 1 aromatic rings. The van der Waals surface area contributed by atoms with Crippen LogP contribution in [-0.4, -0.2) is 41.9 Å². The third kappa shape index (κ3) is 7.07. The Labute approximate surface area is 145 Å². The first-order chi connectivity index (χ1) is 11.1. The zero-order valence-electron chi connectivity index (χ0n) is 16.0. The molecule has 0 saturated carbocycles. The predicted octanol–water partition coefficient (Wildman–Crippen LogP) is 3.78. The van der Waals surface area contributed by atoms with Gasteiger partial charge in [0.15, 0.2) is 5.79 Å². The number of ether oxygens (including phenoxy) is 4. The van der Waals surface area contributed by atoms with Gasteiger partial charge in [-0.1, -0.05) is 6.07 Å². The summed E-state index contributed by atoms with van der Waals surface area (Å²) in [6.45, 7) is 13.8. The van der Waals surface area contributed by atoms with Crippen molar-refractivity contribution in [3.63, 3.8) is 0 Å². The molecule has 5 heteroatoms. The molecule has 1 N–H and O–H groups in total. The third-order valence-electron chi connectivity index (χ3n) is 3.44. The van der Waals surface area contributed by atoms with Gasteiger partial charge in [0, 0.05) is 12.7 Å². The Bertz CT molecular complexity index is 496. The molecular formula is C19H32O5. The van der Waals surface area contributed by atoms with Crippen LogP contribution in [0.4, 0.5) is 0 Å². The van der Waals surface area contributed by atoms with Crippen molar-refractivity contribution in [3.05, 3.63) is 24.3 Å². The molecule has 24 heavy (non-hydrogen) atoms. The fourth-order valence-corrected chi connectivity index (χ4v) is 2.12. The minimum absolute atomic E-state index is 0.0908. The lowest BCUT2D eigenvalue weighted by molar-refractivity contribution is -0.230. The van der Waals surface area contributed by atoms with Gasteiger partial charge in [0.1, 0.15) is 23.2 Å². The molecule has 0 amide bonds. The highest BCUT2D eigenvalue weighted by Crippen LogP contribution is 2.26. The van der Waals surface area contributed by atoms with Crippen LogP contribution in [0.15, 0.2) is 24.3 Å². The van der Waals surface area contributed by atoms with E-state index in [9.17, 15) is 5.11 Å². The highest BCUT2D eigenvalue weighted by atomic mass is 16.7. The lowest BCUT2D eigenvalue weighted by Crippen LogP contribution is -2.46. The lowest BCUT2D eigenvalue weighted by atomic mass is 10.0. The van der Waals surface area contributed by atoms with Crippen LogP contribution in [0.3, 0.4) is 0 Å². The van der Waals surface area contributed by atoms with E-state index in [0.29, 0.717) is 12.4 Å². The van der Waals surface area contributed by atoms with Crippen molar-refractivity contribution in [2.24, 2.45) is 0 Å². The number of hydrogen-bond donors (Lipinski definition) is 1. The molecule has 0 aliphatic heterocycles. The minimum atomic E-state index is -0.821. The maximum atomic E-state index is 10.4. The normalized spacial score (nSPS) is 13.9. The molecule has 1 rings (SSSR count). The summed E-state index contributed by atoms with van der Waals surface area (Å²) in [5.41, 5.74) is -0.821. The Hall–Kier alpha value is -1.30. The number of rotatable bonds is 10. The quantitative estimate of drug-likeness (QED) is 0.657. The summed E-state index contributed by atoms with van der Waals surface area (Å²) in [6, 6.07) is 7.40. The van der Waals surface area contributed by atoms with Gasteiger partial charge in [-0.05, 0) is 60.6 Å². The molecule has 0 radical (unpaired) electrons. The van der Waals surface area contributed by atoms with E-state index in [1.54, 1.807) is 0 Å². The second kappa shape index (κ2) is 8.70. The van der Waals surface area contributed by atoms with Gasteiger partial charge in [0.25, 0.3) is 0 Å².